The quantitative estimate of drug-likeness (QED) is 0.0665. The van der Waals surface area contributed by atoms with Crippen molar-refractivity contribution in [1.82, 2.24) is 31.2 Å². The van der Waals surface area contributed by atoms with Gasteiger partial charge >= 0.3 is 5.97 Å². The number of phenolic OH excluding ortho intramolecular Hbond substituents is 1. The van der Waals surface area contributed by atoms with E-state index in [-0.39, 0.29) is 37.5 Å². The molecule has 38 heavy (non-hydrogen) atoms. The Hall–Kier alpha value is -4.66. The Morgan fingerprint density at radius 2 is 1.74 bits per heavy atom. The molecule has 3 atom stereocenters. The molecule has 15 nitrogen and oxygen atoms in total. The number of imidazole rings is 1. The van der Waals surface area contributed by atoms with Crippen molar-refractivity contribution in [2.45, 2.75) is 43.8 Å². The van der Waals surface area contributed by atoms with Gasteiger partial charge in [-0.2, -0.15) is 0 Å². The van der Waals surface area contributed by atoms with E-state index in [0.29, 0.717) is 17.7 Å². The fourth-order valence-corrected chi connectivity index (χ4v) is 3.40. The first kappa shape index (κ1) is 29.6. The van der Waals surface area contributed by atoms with E-state index < -0.39 is 48.4 Å². The highest BCUT2D eigenvalue weighted by Crippen LogP contribution is 2.11. The molecular weight excluding hydrogens is 498 g/mol. The minimum Gasteiger partial charge on any atom is -0.508 e. The lowest BCUT2D eigenvalue weighted by Crippen LogP contribution is -2.54. The van der Waals surface area contributed by atoms with Crippen LogP contribution in [0.15, 0.2) is 36.8 Å². The Balaban J connectivity index is 1.94. The topological polar surface area (TPSA) is 261 Å². The van der Waals surface area contributed by atoms with Crippen LogP contribution < -0.4 is 32.7 Å². The molecule has 2 rings (SSSR count). The van der Waals surface area contributed by atoms with Crippen LogP contribution in [0.3, 0.4) is 0 Å². The van der Waals surface area contributed by atoms with Crippen LogP contribution in [0.2, 0.25) is 0 Å². The van der Waals surface area contributed by atoms with Gasteiger partial charge in [-0.3, -0.25) is 19.8 Å². The fourth-order valence-electron chi connectivity index (χ4n) is 3.40. The van der Waals surface area contributed by atoms with Crippen LogP contribution in [0.5, 0.6) is 5.75 Å². The number of H-pyrrole nitrogens is 1. The van der Waals surface area contributed by atoms with E-state index in [1.165, 1.54) is 30.6 Å². The maximum Gasteiger partial charge on any atom is 0.326 e. The zero-order valence-corrected chi connectivity index (χ0v) is 20.6. The number of hydrogen-bond acceptors (Lipinski definition) is 8. The summed E-state index contributed by atoms with van der Waals surface area (Å²) in [6.07, 6.45) is 3.64. The molecule has 0 spiro atoms. The summed E-state index contributed by atoms with van der Waals surface area (Å²) >= 11 is 0. The number of nitrogens with one attached hydrogen (secondary N) is 6. The van der Waals surface area contributed by atoms with E-state index >= 15 is 0 Å². The minimum atomic E-state index is -1.27. The van der Waals surface area contributed by atoms with Crippen molar-refractivity contribution in [1.29, 1.82) is 5.41 Å². The van der Waals surface area contributed by atoms with Crippen molar-refractivity contribution < 1.29 is 29.4 Å². The van der Waals surface area contributed by atoms with Gasteiger partial charge in [-0.25, -0.2) is 9.78 Å². The monoisotopic (exact) mass is 531 g/mol. The minimum absolute atomic E-state index is 0.0215. The second kappa shape index (κ2) is 14.8. The summed E-state index contributed by atoms with van der Waals surface area (Å²) in [5, 5.41) is 35.9. The molecule has 0 radical (unpaired) electrons. The maximum atomic E-state index is 12.8. The highest BCUT2D eigenvalue weighted by atomic mass is 16.4. The first-order valence-corrected chi connectivity index (χ1v) is 11.7. The summed E-state index contributed by atoms with van der Waals surface area (Å²) in [6.45, 7) is -0.262. The van der Waals surface area contributed by atoms with Crippen LogP contribution >= 0.6 is 0 Å². The summed E-state index contributed by atoms with van der Waals surface area (Å²) in [6, 6.07) is 2.56. The Morgan fingerprint density at radius 3 is 2.34 bits per heavy atom. The number of aromatic amines is 1. The number of nitrogens with zero attached hydrogens (tertiary/aromatic N) is 1. The van der Waals surface area contributed by atoms with Crippen molar-refractivity contribution in [3.63, 3.8) is 0 Å². The van der Waals surface area contributed by atoms with Crippen LogP contribution in [0, 0.1) is 5.41 Å². The predicted molar refractivity (Wildman–Crippen MR) is 136 cm³/mol. The largest absolute Gasteiger partial charge is 0.508 e. The van der Waals surface area contributed by atoms with Gasteiger partial charge in [-0.15, -0.1) is 0 Å². The molecule has 0 aliphatic rings. The second-order valence-corrected chi connectivity index (χ2v) is 8.46. The summed E-state index contributed by atoms with van der Waals surface area (Å²) in [4.78, 5) is 56.1. The third-order valence-electron chi connectivity index (χ3n) is 5.37. The van der Waals surface area contributed by atoms with Gasteiger partial charge in [0.1, 0.15) is 17.8 Å². The lowest BCUT2D eigenvalue weighted by molar-refractivity contribution is -0.141. The van der Waals surface area contributed by atoms with Gasteiger partial charge in [-0.05, 0) is 30.5 Å². The molecule has 0 fully saturated rings. The molecule has 0 aliphatic carbocycles. The molecule has 0 saturated heterocycles. The Labute approximate surface area is 218 Å². The second-order valence-electron chi connectivity index (χ2n) is 8.46. The molecular formula is C23H33N9O6. The van der Waals surface area contributed by atoms with E-state index in [2.05, 4.69) is 31.2 Å². The van der Waals surface area contributed by atoms with Crippen molar-refractivity contribution in [2.24, 2.45) is 11.5 Å². The van der Waals surface area contributed by atoms with E-state index in [1.807, 2.05) is 0 Å². The van der Waals surface area contributed by atoms with Gasteiger partial charge in [0, 0.05) is 25.6 Å². The van der Waals surface area contributed by atoms with Crippen LogP contribution in [-0.2, 0) is 32.0 Å². The summed E-state index contributed by atoms with van der Waals surface area (Å²) in [5.74, 6) is -3.51. The van der Waals surface area contributed by atoms with Crippen molar-refractivity contribution in [2.75, 3.05) is 13.1 Å². The lowest BCUT2D eigenvalue weighted by Gasteiger charge is -2.21. The molecule has 0 bridgehead atoms. The maximum absolute atomic E-state index is 12.8. The molecule has 1 heterocycles. The van der Waals surface area contributed by atoms with Crippen LogP contribution in [0.25, 0.3) is 0 Å². The molecule has 0 saturated carbocycles. The summed E-state index contributed by atoms with van der Waals surface area (Å²) in [7, 11) is 0. The number of carbonyl (C=O) groups excluding carboxylic acids is 3. The third-order valence-corrected chi connectivity index (χ3v) is 5.37. The normalized spacial score (nSPS) is 13.0. The zero-order chi connectivity index (χ0) is 28.1. The van der Waals surface area contributed by atoms with Crippen molar-refractivity contribution >= 4 is 29.7 Å². The number of aromatic hydroxyl groups is 1. The number of aromatic nitrogens is 2. The number of benzene rings is 1. The van der Waals surface area contributed by atoms with E-state index in [1.54, 1.807) is 6.20 Å². The molecule has 2 aromatic rings. The molecule has 3 amide bonds. The highest BCUT2D eigenvalue weighted by Gasteiger charge is 2.25. The first-order chi connectivity index (χ1) is 18.0. The predicted octanol–water partition coefficient (Wildman–Crippen LogP) is -2.34. The van der Waals surface area contributed by atoms with Crippen molar-refractivity contribution in [3.05, 3.63) is 48.0 Å². The first-order valence-electron chi connectivity index (χ1n) is 11.7. The van der Waals surface area contributed by atoms with Gasteiger partial charge in [0.05, 0.1) is 24.6 Å². The standard InChI is InChI=1S/C23H33N9O6/c24-16(9-14-10-27-12-30-14)20(35)32-17(2-1-7-28-23(25)26)21(36)29-11-19(34)31-18(22(37)38)8-13-3-5-15(33)6-4-13/h3-6,10,12,16-18,33H,1-2,7-9,11,24H2,(H,27,30)(H,29,36)(H,31,34)(H,32,35)(H,37,38)(H4,25,26,28). The summed E-state index contributed by atoms with van der Waals surface area (Å²) < 4.78 is 0. The lowest BCUT2D eigenvalue weighted by atomic mass is 10.1. The Morgan fingerprint density at radius 1 is 1.03 bits per heavy atom. The molecule has 1 aromatic heterocycles. The number of rotatable bonds is 15. The van der Waals surface area contributed by atoms with Gasteiger partial charge in [0.25, 0.3) is 0 Å². The van der Waals surface area contributed by atoms with Gasteiger partial charge in [-0.1, -0.05) is 12.1 Å². The number of guanidine groups is 1. The smallest absolute Gasteiger partial charge is 0.326 e. The number of carboxylic acids is 1. The highest BCUT2D eigenvalue weighted by molar-refractivity contribution is 5.92. The molecule has 1 aromatic carbocycles. The number of hydrogen-bond donors (Lipinski definition) is 10. The van der Waals surface area contributed by atoms with E-state index in [4.69, 9.17) is 16.9 Å². The molecule has 206 valence electrons. The summed E-state index contributed by atoms with van der Waals surface area (Å²) in [5.41, 5.74) is 12.3. The van der Waals surface area contributed by atoms with Gasteiger partial charge < -0.3 is 47.9 Å². The zero-order valence-electron chi connectivity index (χ0n) is 20.6. The van der Waals surface area contributed by atoms with E-state index in [0.717, 1.165) is 0 Å². The molecule has 0 aliphatic heterocycles. The fraction of sp³-hybridized carbons (Fsp3) is 0.391. The Bertz CT molecular complexity index is 1090. The number of aliphatic carboxylic acids is 1. The molecule has 15 heteroatoms. The number of phenols is 1. The average molecular weight is 532 g/mol. The van der Waals surface area contributed by atoms with Crippen LogP contribution in [0.4, 0.5) is 0 Å². The molecule has 3 unspecified atom stereocenters. The SMILES string of the molecule is N=C(N)NCCCC(NC(=O)C(N)Cc1c[nH]cn1)C(=O)NCC(=O)NC(Cc1ccc(O)cc1)C(=O)O. The average Bonchev–Trinajstić information content (AvgIpc) is 3.38. The Kier molecular flexibility index (Phi) is 11.5. The van der Waals surface area contributed by atoms with Crippen molar-refractivity contribution in [3.8, 4) is 5.75 Å². The van der Waals surface area contributed by atoms with Gasteiger partial charge in [0.15, 0.2) is 5.96 Å². The van der Waals surface area contributed by atoms with E-state index in [9.17, 15) is 29.4 Å². The number of amides is 3. The van der Waals surface area contributed by atoms with Crippen LogP contribution in [-0.4, -0.2) is 81.0 Å². The number of carboxylic acid groups (broad SMARTS) is 1. The number of carbonyl (C=O) groups is 4. The molecule has 12 N–H and O–H groups in total. The third kappa shape index (κ3) is 10.5. The number of nitrogens with two attached hydrogens (primary N) is 2. The van der Waals surface area contributed by atoms with Gasteiger partial charge in [0.2, 0.25) is 17.7 Å². The van der Waals surface area contributed by atoms with Crippen LogP contribution in [0.1, 0.15) is 24.1 Å².